The maximum Gasteiger partial charge on any atom is 0.573 e. The molecule has 6 nitrogen and oxygen atoms in total. The average Bonchev–Trinajstić information content (AvgIpc) is 2.46. The Bertz CT molecular complexity index is 613. The lowest BCUT2D eigenvalue weighted by atomic mass is 9.93. The summed E-state index contributed by atoms with van der Waals surface area (Å²) in [6, 6.07) is 3.79. The number of halogens is 3. The summed E-state index contributed by atoms with van der Waals surface area (Å²) in [5.41, 5.74) is 5.42. The monoisotopic (exact) mass is 346 g/mol. The average molecular weight is 346 g/mol. The summed E-state index contributed by atoms with van der Waals surface area (Å²) in [5, 5.41) is 9.48. The Morgan fingerprint density at radius 2 is 1.92 bits per heavy atom. The number of carbonyl (C=O) groups excluding carboxylic acids is 1. The number of ether oxygens (including phenoxy) is 1. The number of carbonyl (C=O) groups is 2. The standard InChI is InChI=1S/C15H17F3N2O4/c16-15(17,18)24-11-3-1-2-10(8-11)12(14(22)23)20-6-4-9(5-7-20)13(19)21/h1-3,8-9,12H,4-7H2,(H2,19,21)(H,22,23). The van der Waals surface area contributed by atoms with Gasteiger partial charge in [0.2, 0.25) is 5.91 Å². The SMILES string of the molecule is NC(=O)C1CCN(C(C(=O)O)c2cccc(OC(F)(F)F)c2)CC1. The van der Waals surface area contributed by atoms with E-state index in [2.05, 4.69) is 4.74 Å². The van der Waals surface area contributed by atoms with Gasteiger partial charge in [-0.05, 0) is 30.5 Å². The van der Waals surface area contributed by atoms with E-state index in [9.17, 15) is 27.9 Å². The molecule has 1 aromatic rings. The summed E-state index contributed by atoms with van der Waals surface area (Å²) in [7, 11) is 0. The fourth-order valence-electron chi connectivity index (χ4n) is 2.83. The highest BCUT2D eigenvalue weighted by Gasteiger charge is 2.34. The van der Waals surface area contributed by atoms with Crippen LogP contribution in [-0.4, -0.2) is 41.3 Å². The summed E-state index contributed by atoms with van der Waals surface area (Å²) in [6.45, 7) is 0.629. The summed E-state index contributed by atoms with van der Waals surface area (Å²) < 4.78 is 40.8. The fraction of sp³-hybridized carbons (Fsp3) is 0.467. The van der Waals surface area contributed by atoms with E-state index in [1.807, 2.05) is 0 Å². The van der Waals surface area contributed by atoms with Gasteiger partial charge in [0.1, 0.15) is 11.8 Å². The number of benzene rings is 1. The molecule has 1 amide bonds. The van der Waals surface area contributed by atoms with Crippen LogP contribution in [0.15, 0.2) is 24.3 Å². The number of carboxylic acid groups (broad SMARTS) is 1. The number of piperidine rings is 1. The predicted molar refractivity (Wildman–Crippen MR) is 77.0 cm³/mol. The summed E-state index contributed by atoms with van der Waals surface area (Å²) in [6.07, 6.45) is -4.02. The van der Waals surface area contributed by atoms with Crippen LogP contribution in [0.25, 0.3) is 0 Å². The lowest BCUT2D eigenvalue weighted by Gasteiger charge is -2.34. The molecule has 0 radical (unpaired) electrons. The molecular weight excluding hydrogens is 329 g/mol. The van der Waals surface area contributed by atoms with E-state index in [0.717, 1.165) is 12.1 Å². The minimum absolute atomic E-state index is 0.182. The summed E-state index contributed by atoms with van der Waals surface area (Å²) in [4.78, 5) is 24.4. The molecule has 0 aliphatic carbocycles. The molecule has 1 heterocycles. The molecule has 0 bridgehead atoms. The van der Waals surface area contributed by atoms with Gasteiger partial charge in [-0.3, -0.25) is 14.5 Å². The largest absolute Gasteiger partial charge is 0.573 e. The van der Waals surface area contributed by atoms with Crippen LogP contribution < -0.4 is 10.5 Å². The molecule has 9 heteroatoms. The first kappa shape index (κ1) is 18.1. The van der Waals surface area contributed by atoms with Crippen LogP contribution in [0, 0.1) is 5.92 Å². The van der Waals surface area contributed by atoms with Gasteiger partial charge in [0, 0.05) is 19.0 Å². The zero-order valence-corrected chi connectivity index (χ0v) is 12.6. The Morgan fingerprint density at radius 1 is 1.29 bits per heavy atom. The molecule has 1 fully saturated rings. The van der Waals surface area contributed by atoms with Gasteiger partial charge in [-0.15, -0.1) is 13.2 Å². The lowest BCUT2D eigenvalue weighted by molar-refractivity contribution is -0.274. The third-order valence-corrected chi connectivity index (χ3v) is 3.94. The summed E-state index contributed by atoms with van der Waals surface area (Å²) >= 11 is 0. The van der Waals surface area contributed by atoms with Crippen LogP contribution in [0.5, 0.6) is 5.75 Å². The number of hydrogen-bond acceptors (Lipinski definition) is 4. The minimum atomic E-state index is -4.85. The molecule has 1 aromatic carbocycles. The molecule has 24 heavy (non-hydrogen) atoms. The number of nitrogens with two attached hydrogens (primary N) is 1. The molecule has 1 unspecified atom stereocenters. The maximum absolute atomic E-state index is 12.3. The summed E-state index contributed by atoms with van der Waals surface area (Å²) in [5.74, 6) is -2.40. The van der Waals surface area contributed by atoms with Crippen molar-refractivity contribution in [1.29, 1.82) is 0 Å². The number of amides is 1. The molecule has 0 saturated carbocycles. The maximum atomic E-state index is 12.3. The van der Waals surface area contributed by atoms with Crippen molar-refractivity contribution in [3.8, 4) is 5.75 Å². The van der Waals surface area contributed by atoms with Crippen molar-refractivity contribution >= 4 is 11.9 Å². The van der Waals surface area contributed by atoms with E-state index in [1.165, 1.54) is 12.1 Å². The number of alkyl halides is 3. The topological polar surface area (TPSA) is 92.9 Å². The molecule has 132 valence electrons. The molecule has 3 N–H and O–H groups in total. The van der Waals surface area contributed by atoms with Crippen LogP contribution in [0.4, 0.5) is 13.2 Å². The Hall–Kier alpha value is -2.29. The number of carboxylic acids is 1. The highest BCUT2D eigenvalue weighted by atomic mass is 19.4. The van der Waals surface area contributed by atoms with Crippen molar-refractivity contribution in [2.75, 3.05) is 13.1 Å². The molecular formula is C15H17F3N2O4. The van der Waals surface area contributed by atoms with Crippen LogP contribution in [0.2, 0.25) is 0 Å². The number of likely N-dealkylation sites (tertiary alicyclic amines) is 1. The third-order valence-electron chi connectivity index (χ3n) is 3.94. The molecule has 1 aliphatic heterocycles. The second-order valence-corrected chi connectivity index (χ2v) is 5.57. The van der Waals surface area contributed by atoms with Gasteiger partial charge in [0.25, 0.3) is 0 Å². The predicted octanol–water partition coefficient (Wildman–Crippen LogP) is 1.91. The highest BCUT2D eigenvalue weighted by Crippen LogP contribution is 2.30. The Kier molecular flexibility index (Phi) is 5.33. The zero-order chi connectivity index (χ0) is 17.9. The van der Waals surface area contributed by atoms with Crippen LogP contribution >= 0.6 is 0 Å². The van der Waals surface area contributed by atoms with Gasteiger partial charge in [0.05, 0.1) is 0 Å². The zero-order valence-electron chi connectivity index (χ0n) is 12.6. The Balaban J connectivity index is 2.18. The van der Waals surface area contributed by atoms with Gasteiger partial charge < -0.3 is 15.6 Å². The minimum Gasteiger partial charge on any atom is -0.480 e. The van der Waals surface area contributed by atoms with E-state index >= 15 is 0 Å². The first-order valence-electron chi connectivity index (χ1n) is 7.29. The van der Waals surface area contributed by atoms with Gasteiger partial charge in [0.15, 0.2) is 0 Å². The molecule has 0 spiro atoms. The van der Waals surface area contributed by atoms with E-state index in [0.29, 0.717) is 25.9 Å². The molecule has 1 saturated heterocycles. The number of hydrogen-bond donors (Lipinski definition) is 2. The highest BCUT2D eigenvalue weighted by molar-refractivity contribution is 5.77. The molecule has 1 aliphatic rings. The second kappa shape index (κ2) is 7.08. The van der Waals surface area contributed by atoms with Gasteiger partial charge >= 0.3 is 12.3 Å². The number of rotatable bonds is 5. The van der Waals surface area contributed by atoms with E-state index in [-0.39, 0.29) is 11.5 Å². The van der Waals surface area contributed by atoms with Crippen LogP contribution in [-0.2, 0) is 9.59 Å². The Labute approximate surface area is 136 Å². The first-order valence-corrected chi connectivity index (χ1v) is 7.29. The number of aliphatic carboxylic acids is 1. The van der Waals surface area contributed by atoms with Crippen LogP contribution in [0.3, 0.4) is 0 Å². The van der Waals surface area contributed by atoms with Gasteiger partial charge in [-0.1, -0.05) is 12.1 Å². The van der Waals surface area contributed by atoms with E-state index in [4.69, 9.17) is 5.73 Å². The quantitative estimate of drug-likeness (QED) is 0.850. The first-order chi connectivity index (χ1) is 11.2. The van der Waals surface area contributed by atoms with Crippen molar-refractivity contribution in [1.82, 2.24) is 4.90 Å². The number of primary amides is 1. The molecule has 2 rings (SSSR count). The van der Waals surface area contributed by atoms with Gasteiger partial charge in [-0.2, -0.15) is 0 Å². The van der Waals surface area contributed by atoms with Crippen LogP contribution in [0.1, 0.15) is 24.4 Å². The van der Waals surface area contributed by atoms with Crippen molar-refractivity contribution in [2.24, 2.45) is 11.7 Å². The van der Waals surface area contributed by atoms with Gasteiger partial charge in [-0.25, -0.2) is 0 Å². The van der Waals surface area contributed by atoms with E-state index in [1.54, 1.807) is 4.90 Å². The van der Waals surface area contributed by atoms with Crippen molar-refractivity contribution in [2.45, 2.75) is 25.2 Å². The van der Waals surface area contributed by atoms with Crippen molar-refractivity contribution in [3.63, 3.8) is 0 Å². The fourth-order valence-corrected chi connectivity index (χ4v) is 2.83. The normalized spacial score (nSPS) is 18.1. The Morgan fingerprint density at radius 3 is 2.42 bits per heavy atom. The van der Waals surface area contributed by atoms with Crippen molar-refractivity contribution in [3.05, 3.63) is 29.8 Å². The smallest absolute Gasteiger partial charge is 0.480 e. The lowest BCUT2D eigenvalue weighted by Crippen LogP contribution is -2.42. The molecule has 1 atom stereocenters. The molecule has 0 aromatic heterocycles. The number of nitrogens with zero attached hydrogens (tertiary/aromatic N) is 1. The third kappa shape index (κ3) is 4.60. The van der Waals surface area contributed by atoms with E-state index < -0.39 is 30.0 Å². The second-order valence-electron chi connectivity index (χ2n) is 5.57. The van der Waals surface area contributed by atoms with Crippen molar-refractivity contribution < 1.29 is 32.6 Å².